The molecule has 0 saturated carbocycles. The minimum absolute atomic E-state index is 0.336. The maximum absolute atomic E-state index is 11.8. The van der Waals surface area contributed by atoms with Crippen LogP contribution in [0.4, 0.5) is 0 Å². The van der Waals surface area contributed by atoms with Gasteiger partial charge in [-0.3, -0.25) is 0 Å². The van der Waals surface area contributed by atoms with E-state index < -0.39 is 0 Å². The van der Waals surface area contributed by atoms with Crippen molar-refractivity contribution in [1.82, 2.24) is 14.8 Å². The van der Waals surface area contributed by atoms with Crippen LogP contribution in [-0.2, 0) is 4.74 Å². The Kier molecular flexibility index (Phi) is 3.65. The Hall–Kier alpha value is -1.92. The van der Waals surface area contributed by atoms with Gasteiger partial charge in [0, 0.05) is 5.02 Å². The number of halogens is 1. The van der Waals surface area contributed by atoms with E-state index >= 15 is 0 Å². The van der Waals surface area contributed by atoms with E-state index in [1.54, 1.807) is 17.7 Å². The van der Waals surface area contributed by atoms with Crippen molar-refractivity contribution in [2.75, 3.05) is 6.61 Å². The van der Waals surface area contributed by atoms with Crippen molar-refractivity contribution in [3.63, 3.8) is 0 Å². The van der Waals surface area contributed by atoms with Crippen molar-refractivity contribution in [3.05, 3.63) is 40.7 Å². The summed E-state index contributed by atoms with van der Waals surface area (Å²) in [5.41, 5.74) is 2.01. The molecule has 0 N–H and O–H groups in total. The van der Waals surface area contributed by atoms with Gasteiger partial charge in [0.15, 0.2) is 0 Å². The van der Waals surface area contributed by atoms with E-state index in [2.05, 4.69) is 10.1 Å². The van der Waals surface area contributed by atoms with Crippen LogP contribution in [0, 0.1) is 6.92 Å². The number of ether oxygens (including phenoxy) is 1. The Balaban J connectivity index is 2.04. The molecule has 2 heterocycles. The van der Waals surface area contributed by atoms with Gasteiger partial charge >= 0.3 is 5.97 Å². The predicted octanol–water partition coefficient (Wildman–Crippen LogP) is 3.62. The molecule has 0 amide bonds. The van der Waals surface area contributed by atoms with Crippen molar-refractivity contribution in [2.45, 2.75) is 13.8 Å². The number of fused-ring (bicyclic) bond motifs is 1. The average molecular weight is 322 g/mol. The summed E-state index contributed by atoms with van der Waals surface area (Å²) in [5.74, 6) is -0.370. The summed E-state index contributed by atoms with van der Waals surface area (Å²) in [4.78, 5) is 16.3. The molecule has 3 rings (SSSR count). The summed E-state index contributed by atoms with van der Waals surface area (Å²) in [7, 11) is 0. The van der Waals surface area contributed by atoms with E-state index in [9.17, 15) is 4.79 Å². The molecular formula is C14H12ClN3O2S. The quantitative estimate of drug-likeness (QED) is 0.691. The first-order valence-electron chi connectivity index (χ1n) is 6.38. The minimum atomic E-state index is -0.370. The van der Waals surface area contributed by atoms with Gasteiger partial charge in [0.1, 0.15) is 5.56 Å². The first-order chi connectivity index (χ1) is 10.1. The van der Waals surface area contributed by atoms with Crippen LogP contribution in [0.25, 0.3) is 15.3 Å². The Labute approximate surface area is 130 Å². The van der Waals surface area contributed by atoms with Crippen LogP contribution in [0.1, 0.15) is 23.0 Å². The van der Waals surface area contributed by atoms with Crippen molar-refractivity contribution in [3.8, 4) is 5.13 Å². The Morgan fingerprint density at radius 1 is 1.48 bits per heavy atom. The maximum Gasteiger partial charge on any atom is 0.341 e. The zero-order valence-electron chi connectivity index (χ0n) is 11.5. The summed E-state index contributed by atoms with van der Waals surface area (Å²) in [6.07, 6.45) is 1.51. The number of aromatic nitrogens is 3. The van der Waals surface area contributed by atoms with Crippen LogP contribution in [0.5, 0.6) is 0 Å². The van der Waals surface area contributed by atoms with Crippen LogP contribution in [0.3, 0.4) is 0 Å². The number of nitrogens with zero attached hydrogens (tertiary/aromatic N) is 3. The molecule has 0 spiro atoms. The number of thiazole rings is 1. The van der Waals surface area contributed by atoms with Gasteiger partial charge in [-0.25, -0.2) is 14.5 Å². The van der Waals surface area contributed by atoms with Crippen LogP contribution in [0.2, 0.25) is 5.02 Å². The van der Waals surface area contributed by atoms with E-state index in [-0.39, 0.29) is 5.97 Å². The lowest BCUT2D eigenvalue weighted by Gasteiger charge is -2.01. The van der Waals surface area contributed by atoms with Crippen molar-refractivity contribution < 1.29 is 9.53 Å². The number of benzene rings is 1. The predicted molar refractivity (Wildman–Crippen MR) is 82.4 cm³/mol. The van der Waals surface area contributed by atoms with Crippen molar-refractivity contribution in [2.24, 2.45) is 0 Å². The number of esters is 1. The van der Waals surface area contributed by atoms with Gasteiger partial charge in [-0.1, -0.05) is 22.9 Å². The second-order valence-corrected chi connectivity index (χ2v) is 5.83. The highest BCUT2D eigenvalue weighted by molar-refractivity contribution is 7.20. The third kappa shape index (κ3) is 2.52. The third-order valence-corrected chi connectivity index (χ3v) is 4.25. The lowest BCUT2D eigenvalue weighted by atomic mass is 10.3. The lowest BCUT2D eigenvalue weighted by Crippen LogP contribution is -2.06. The molecule has 0 radical (unpaired) electrons. The summed E-state index contributed by atoms with van der Waals surface area (Å²) in [6.45, 7) is 3.93. The van der Waals surface area contributed by atoms with Crippen LogP contribution in [0.15, 0.2) is 24.4 Å². The first-order valence-corrected chi connectivity index (χ1v) is 7.58. The smallest absolute Gasteiger partial charge is 0.341 e. The minimum Gasteiger partial charge on any atom is -0.462 e. The zero-order valence-corrected chi connectivity index (χ0v) is 13.0. The fourth-order valence-corrected chi connectivity index (χ4v) is 3.24. The molecule has 0 aliphatic rings. The number of hydrogen-bond acceptors (Lipinski definition) is 5. The van der Waals surface area contributed by atoms with Gasteiger partial charge in [0.25, 0.3) is 0 Å². The highest BCUT2D eigenvalue weighted by Gasteiger charge is 2.18. The Morgan fingerprint density at radius 2 is 2.29 bits per heavy atom. The van der Waals surface area contributed by atoms with E-state index in [4.69, 9.17) is 16.3 Å². The Morgan fingerprint density at radius 3 is 3.05 bits per heavy atom. The SMILES string of the molecule is CCOC(=O)c1cnn(-c2nc3ccc(Cl)cc3s2)c1C. The summed E-state index contributed by atoms with van der Waals surface area (Å²) >= 11 is 7.45. The second kappa shape index (κ2) is 5.46. The number of rotatable bonds is 3. The molecule has 0 aliphatic heterocycles. The molecule has 0 aliphatic carbocycles. The van der Waals surface area contributed by atoms with E-state index in [0.717, 1.165) is 10.2 Å². The molecule has 1 aromatic carbocycles. The normalized spacial score (nSPS) is 11.0. The molecule has 108 valence electrons. The number of carbonyl (C=O) groups is 1. The van der Waals surface area contributed by atoms with E-state index in [1.807, 2.05) is 19.1 Å². The van der Waals surface area contributed by atoms with Gasteiger partial charge < -0.3 is 4.74 Å². The fourth-order valence-electron chi connectivity index (χ4n) is 1.99. The molecule has 2 aromatic heterocycles. The van der Waals surface area contributed by atoms with E-state index in [0.29, 0.717) is 28.0 Å². The molecule has 0 saturated heterocycles. The first kappa shape index (κ1) is 14.0. The van der Waals surface area contributed by atoms with Crippen LogP contribution >= 0.6 is 22.9 Å². The molecular weight excluding hydrogens is 310 g/mol. The van der Waals surface area contributed by atoms with Gasteiger partial charge in [-0.05, 0) is 32.0 Å². The van der Waals surface area contributed by atoms with E-state index in [1.165, 1.54) is 17.5 Å². The monoisotopic (exact) mass is 321 g/mol. The highest BCUT2D eigenvalue weighted by atomic mass is 35.5. The molecule has 0 unspecified atom stereocenters. The largest absolute Gasteiger partial charge is 0.462 e. The number of hydrogen-bond donors (Lipinski definition) is 0. The fraction of sp³-hybridized carbons (Fsp3) is 0.214. The topological polar surface area (TPSA) is 57.0 Å². The molecule has 21 heavy (non-hydrogen) atoms. The standard InChI is InChI=1S/C14H12ClN3O2S/c1-3-20-13(19)10-7-16-18(8(10)2)14-17-11-5-4-9(15)6-12(11)21-14/h4-7H,3H2,1-2H3. The molecule has 3 aromatic rings. The van der Waals surface area contributed by atoms with Gasteiger partial charge in [-0.2, -0.15) is 5.10 Å². The molecule has 0 atom stereocenters. The van der Waals surface area contributed by atoms with Gasteiger partial charge in [-0.15, -0.1) is 0 Å². The van der Waals surface area contributed by atoms with Crippen LogP contribution < -0.4 is 0 Å². The zero-order chi connectivity index (χ0) is 15.0. The Bertz CT molecular complexity index is 825. The lowest BCUT2D eigenvalue weighted by molar-refractivity contribution is 0.0525. The molecule has 5 nitrogen and oxygen atoms in total. The van der Waals surface area contributed by atoms with Crippen LogP contribution in [-0.4, -0.2) is 27.3 Å². The third-order valence-electron chi connectivity index (χ3n) is 3.03. The molecule has 7 heteroatoms. The summed E-state index contributed by atoms with van der Waals surface area (Å²) in [5, 5.41) is 5.60. The maximum atomic E-state index is 11.8. The summed E-state index contributed by atoms with van der Waals surface area (Å²) < 4.78 is 7.63. The second-order valence-electron chi connectivity index (χ2n) is 4.38. The van der Waals surface area contributed by atoms with Crippen molar-refractivity contribution >= 4 is 39.1 Å². The van der Waals surface area contributed by atoms with Gasteiger partial charge in [0.05, 0.1) is 28.7 Å². The van der Waals surface area contributed by atoms with Gasteiger partial charge in [0.2, 0.25) is 5.13 Å². The number of carbonyl (C=O) groups excluding carboxylic acids is 1. The summed E-state index contributed by atoms with van der Waals surface area (Å²) in [6, 6.07) is 5.53. The molecule has 0 bridgehead atoms. The molecule has 0 fully saturated rings. The average Bonchev–Trinajstić information content (AvgIpc) is 3.01. The van der Waals surface area contributed by atoms with Crippen molar-refractivity contribution in [1.29, 1.82) is 0 Å². The highest BCUT2D eigenvalue weighted by Crippen LogP contribution is 2.28.